The van der Waals surface area contributed by atoms with Gasteiger partial charge in [-0.3, -0.25) is 4.79 Å². The summed E-state index contributed by atoms with van der Waals surface area (Å²) in [6, 6.07) is 0. The summed E-state index contributed by atoms with van der Waals surface area (Å²) in [7, 11) is 0. The van der Waals surface area contributed by atoms with Crippen LogP contribution in [0.1, 0.15) is 200 Å². The van der Waals surface area contributed by atoms with Crippen LogP contribution in [0.4, 0.5) is 0 Å². The lowest BCUT2D eigenvalue weighted by molar-refractivity contribution is -0.118. The third kappa shape index (κ3) is 34.9. The van der Waals surface area contributed by atoms with Gasteiger partial charge in [-0.05, 0) is 83.5 Å². The summed E-state index contributed by atoms with van der Waals surface area (Å²) >= 11 is 0. The van der Waals surface area contributed by atoms with Crippen molar-refractivity contribution >= 4 is 5.78 Å². The van der Waals surface area contributed by atoms with Crippen molar-refractivity contribution in [2.24, 2.45) is 0 Å². The molecule has 0 saturated carbocycles. The second-order valence-corrected chi connectivity index (χ2v) is 11.9. The van der Waals surface area contributed by atoms with Crippen LogP contribution in [-0.4, -0.2) is 5.78 Å². The SMILES string of the molecule is CCCCCCCCCCCCCC/C=C/CCCCC/C=C/CCCCC/C=C/CCCCCC(=O)CC. The fraction of sp³-hybridized carbons (Fsp3) is 0.816. The molecule has 0 heterocycles. The Kier molecular flexibility index (Phi) is 33.9. The lowest BCUT2D eigenvalue weighted by Gasteiger charge is -2.02. The zero-order valence-electron chi connectivity index (χ0n) is 26.9. The minimum atomic E-state index is 0.416. The summed E-state index contributed by atoms with van der Waals surface area (Å²) in [6.07, 6.45) is 52.2. The number of rotatable bonds is 32. The van der Waals surface area contributed by atoms with Crippen LogP contribution in [0.2, 0.25) is 0 Å². The van der Waals surface area contributed by atoms with Crippen LogP contribution in [0.3, 0.4) is 0 Å². The highest BCUT2D eigenvalue weighted by atomic mass is 16.1. The number of hydrogen-bond donors (Lipinski definition) is 0. The third-order valence-corrected chi connectivity index (χ3v) is 7.93. The van der Waals surface area contributed by atoms with E-state index in [4.69, 9.17) is 0 Å². The molecule has 0 N–H and O–H groups in total. The number of allylic oxidation sites excluding steroid dienone is 6. The van der Waals surface area contributed by atoms with E-state index in [0.717, 1.165) is 12.8 Å². The van der Waals surface area contributed by atoms with E-state index in [1.54, 1.807) is 0 Å². The normalized spacial score (nSPS) is 12.1. The van der Waals surface area contributed by atoms with Gasteiger partial charge in [-0.1, -0.05) is 140 Å². The maximum atomic E-state index is 11.3. The van der Waals surface area contributed by atoms with Crippen molar-refractivity contribution in [3.8, 4) is 0 Å². The first-order valence-corrected chi connectivity index (χ1v) is 17.8. The molecule has 0 rings (SSSR count). The number of carbonyl (C=O) groups is 1. The van der Waals surface area contributed by atoms with Crippen molar-refractivity contribution in [2.75, 3.05) is 0 Å². The van der Waals surface area contributed by atoms with Gasteiger partial charge in [0.1, 0.15) is 5.78 Å². The van der Waals surface area contributed by atoms with Gasteiger partial charge < -0.3 is 0 Å². The van der Waals surface area contributed by atoms with Gasteiger partial charge in [0, 0.05) is 12.8 Å². The molecule has 0 aliphatic carbocycles. The van der Waals surface area contributed by atoms with Gasteiger partial charge in [0.25, 0.3) is 0 Å². The molecule has 0 aromatic rings. The van der Waals surface area contributed by atoms with E-state index < -0.39 is 0 Å². The van der Waals surface area contributed by atoms with Gasteiger partial charge >= 0.3 is 0 Å². The lowest BCUT2D eigenvalue weighted by atomic mass is 10.0. The molecule has 0 aromatic carbocycles. The molecule has 0 atom stereocenters. The molecule has 1 nitrogen and oxygen atoms in total. The Morgan fingerprint density at radius 3 is 0.923 bits per heavy atom. The summed E-state index contributed by atoms with van der Waals surface area (Å²) < 4.78 is 0. The van der Waals surface area contributed by atoms with Crippen LogP contribution in [0.5, 0.6) is 0 Å². The second kappa shape index (κ2) is 34.9. The van der Waals surface area contributed by atoms with E-state index >= 15 is 0 Å². The van der Waals surface area contributed by atoms with Gasteiger partial charge in [-0.2, -0.15) is 0 Å². The molecule has 228 valence electrons. The van der Waals surface area contributed by atoms with Crippen molar-refractivity contribution in [2.45, 2.75) is 200 Å². The maximum absolute atomic E-state index is 11.3. The van der Waals surface area contributed by atoms with Crippen LogP contribution in [0, 0.1) is 0 Å². The van der Waals surface area contributed by atoms with Crippen LogP contribution < -0.4 is 0 Å². The first-order chi connectivity index (χ1) is 19.3. The largest absolute Gasteiger partial charge is 0.300 e. The molecule has 39 heavy (non-hydrogen) atoms. The van der Waals surface area contributed by atoms with Gasteiger partial charge in [-0.15, -0.1) is 0 Å². The van der Waals surface area contributed by atoms with Crippen molar-refractivity contribution in [1.82, 2.24) is 0 Å². The minimum Gasteiger partial charge on any atom is -0.300 e. The topological polar surface area (TPSA) is 17.1 Å². The van der Waals surface area contributed by atoms with E-state index in [0.29, 0.717) is 12.2 Å². The van der Waals surface area contributed by atoms with Crippen LogP contribution in [0.15, 0.2) is 36.5 Å². The Hall–Kier alpha value is -1.11. The van der Waals surface area contributed by atoms with Gasteiger partial charge in [0.2, 0.25) is 0 Å². The molecule has 0 spiro atoms. The highest BCUT2D eigenvalue weighted by Crippen LogP contribution is 2.13. The van der Waals surface area contributed by atoms with Crippen LogP contribution >= 0.6 is 0 Å². The zero-order chi connectivity index (χ0) is 28.3. The third-order valence-electron chi connectivity index (χ3n) is 7.93. The monoisotopic (exact) mass is 543 g/mol. The quantitative estimate of drug-likeness (QED) is 0.0610. The Balaban J connectivity index is 3.21. The van der Waals surface area contributed by atoms with Crippen molar-refractivity contribution < 1.29 is 4.79 Å². The first kappa shape index (κ1) is 37.9. The molecule has 0 radical (unpaired) electrons. The van der Waals surface area contributed by atoms with Crippen molar-refractivity contribution in [3.05, 3.63) is 36.5 Å². The maximum Gasteiger partial charge on any atom is 0.132 e. The highest BCUT2D eigenvalue weighted by Gasteiger charge is 1.97. The van der Waals surface area contributed by atoms with E-state index in [1.807, 2.05) is 6.92 Å². The number of ketones is 1. The van der Waals surface area contributed by atoms with Crippen LogP contribution in [-0.2, 0) is 4.79 Å². The van der Waals surface area contributed by atoms with E-state index in [-0.39, 0.29) is 0 Å². The molecule has 0 aliphatic heterocycles. The van der Waals surface area contributed by atoms with Gasteiger partial charge in [0.15, 0.2) is 0 Å². The van der Waals surface area contributed by atoms with Crippen molar-refractivity contribution in [1.29, 1.82) is 0 Å². The molecule has 0 bridgehead atoms. The highest BCUT2D eigenvalue weighted by molar-refractivity contribution is 5.77. The van der Waals surface area contributed by atoms with Crippen molar-refractivity contribution in [3.63, 3.8) is 0 Å². The molecule has 0 amide bonds. The zero-order valence-corrected chi connectivity index (χ0v) is 26.9. The minimum absolute atomic E-state index is 0.416. The summed E-state index contributed by atoms with van der Waals surface area (Å²) in [5, 5.41) is 0. The van der Waals surface area contributed by atoms with Crippen LogP contribution in [0.25, 0.3) is 0 Å². The van der Waals surface area contributed by atoms with E-state index in [1.165, 1.54) is 167 Å². The van der Waals surface area contributed by atoms with E-state index in [2.05, 4.69) is 43.4 Å². The number of hydrogen-bond acceptors (Lipinski definition) is 1. The first-order valence-electron chi connectivity index (χ1n) is 17.8. The molecule has 0 aromatic heterocycles. The smallest absolute Gasteiger partial charge is 0.132 e. The average molecular weight is 543 g/mol. The molecular weight excluding hydrogens is 472 g/mol. The summed E-state index contributed by atoms with van der Waals surface area (Å²) in [6.45, 7) is 4.26. The second-order valence-electron chi connectivity index (χ2n) is 11.9. The number of carbonyl (C=O) groups excluding carboxylic acids is 1. The fourth-order valence-electron chi connectivity index (χ4n) is 5.15. The molecule has 1 heteroatoms. The Labute approximate surface area is 246 Å². The lowest BCUT2D eigenvalue weighted by Crippen LogP contribution is -1.93. The average Bonchev–Trinajstić information content (AvgIpc) is 2.95. The standard InChI is InChI=1S/C38H70O/c1-3-5-6-7-8-9-10-11-12-13-14-15-16-17-18-19-20-21-22-23-24-25-26-27-28-29-30-31-32-33-34-35-36-37-38(39)4-2/h17-18,24-25,31-32H,3-16,19-23,26-30,33-37H2,1-2H3/b18-17+,25-24+,32-31+. The Morgan fingerprint density at radius 2 is 0.615 bits per heavy atom. The predicted molar refractivity (Wildman–Crippen MR) is 178 cm³/mol. The van der Waals surface area contributed by atoms with Gasteiger partial charge in [-0.25, -0.2) is 0 Å². The molecule has 0 saturated heterocycles. The molecule has 0 fully saturated rings. The number of unbranched alkanes of at least 4 members (excludes halogenated alkanes) is 23. The fourth-order valence-corrected chi connectivity index (χ4v) is 5.15. The molecule has 0 aliphatic rings. The summed E-state index contributed by atoms with van der Waals surface area (Å²) in [4.78, 5) is 11.3. The number of Topliss-reactive ketones (excluding diaryl/α,β-unsaturated/α-hetero) is 1. The Bertz CT molecular complexity index is 555. The predicted octanol–water partition coefficient (Wildman–Crippen LogP) is 13.6. The van der Waals surface area contributed by atoms with Gasteiger partial charge in [0.05, 0.1) is 0 Å². The molecule has 0 unspecified atom stereocenters. The molecular formula is C38H70O. The Morgan fingerprint density at radius 1 is 0.359 bits per heavy atom. The summed E-state index contributed by atoms with van der Waals surface area (Å²) in [5.74, 6) is 0.416. The summed E-state index contributed by atoms with van der Waals surface area (Å²) in [5.41, 5.74) is 0. The van der Waals surface area contributed by atoms with E-state index in [9.17, 15) is 4.79 Å².